The Kier molecular flexibility index (Phi) is 4.53. The highest BCUT2D eigenvalue weighted by atomic mass is 16.6. The molecule has 1 atom stereocenters. The van der Waals surface area contributed by atoms with Crippen LogP contribution >= 0.6 is 0 Å². The lowest BCUT2D eigenvalue weighted by Crippen LogP contribution is -2.67. The minimum absolute atomic E-state index is 0.0243. The van der Waals surface area contributed by atoms with Crippen molar-refractivity contribution >= 4 is 24.0 Å². The van der Waals surface area contributed by atoms with Gasteiger partial charge in [0.05, 0.1) is 6.54 Å². The van der Waals surface area contributed by atoms with Crippen LogP contribution in [0.1, 0.15) is 20.8 Å². The van der Waals surface area contributed by atoms with Gasteiger partial charge in [0.2, 0.25) is 0 Å². The van der Waals surface area contributed by atoms with Gasteiger partial charge in [0, 0.05) is 0 Å². The van der Waals surface area contributed by atoms with Gasteiger partial charge >= 0.3 is 18.1 Å². The summed E-state index contributed by atoms with van der Waals surface area (Å²) in [4.78, 5) is 45.5. The lowest BCUT2D eigenvalue weighted by molar-refractivity contribution is -0.140. The van der Waals surface area contributed by atoms with Gasteiger partial charge in [-0.05, 0) is 20.8 Å². The third-order valence-corrected chi connectivity index (χ3v) is 2.26. The van der Waals surface area contributed by atoms with Crippen LogP contribution in [-0.2, 0) is 14.3 Å². The molecule has 112 valence electrons. The molecule has 1 aliphatic heterocycles. The highest BCUT2D eigenvalue weighted by Crippen LogP contribution is 2.12. The second-order valence-electron chi connectivity index (χ2n) is 5.20. The lowest BCUT2D eigenvalue weighted by Gasteiger charge is -2.36. The standard InChI is InChI=1S/C11H17N3O6/c1-11(2,3)20-10(19)13-6-5-14(8(6)17)9(18)12-4-7(15)16/h6H,4-5H2,1-3H3,(H,12,18)(H,13,19)(H,15,16)/t6-/m0/s1. The molecule has 1 fully saturated rings. The van der Waals surface area contributed by atoms with E-state index in [0.717, 1.165) is 4.90 Å². The summed E-state index contributed by atoms with van der Waals surface area (Å²) in [5.41, 5.74) is -0.685. The third-order valence-electron chi connectivity index (χ3n) is 2.26. The van der Waals surface area contributed by atoms with Gasteiger partial charge in [0.1, 0.15) is 18.2 Å². The number of nitrogens with zero attached hydrogens (tertiary/aromatic N) is 1. The summed E-state index contributed by atoms with van der Waals surface area (Å²) in [5.74, 6) is -1.83. The molecule has 3 N–H and O–H groups in total. The van der Waals surface area contributed by atoms with E-state index in [1.165, 1.54) is 0 Å². The molecule has 4 amide bonds. The van der Waals surface area contributed by atoms with Gasteiger partial charge in [-0.15, -0.1) is 0 Å². The summed E-state index contributed by atoms with van der Waals surface area (Å²) in [6.45, 7) is 4.44. The van der Waals surface area contributed by atoms with Gasteiger partial charge in [0.25, 0.3) is 5.91 Å². The van der Waals surface area contributed by atoms with E-state index in [2.05, 4.69) is 5.32 Å². The number of amides is 4. The second-order valence-corrected chi connectivity index (χ2v) is 5.20. The molecule has 1 heterocycles. The Labute approximate surface area is 115 Å². The van der Waals surface area contributed by atoms with Crippen LogP contribution in [0.15, 0.2) is 0 Å². The average molecular weight is 287 g/mol. The Balaban J connectivity index is 2.38. The number of alkyl carbamates (subject to hydrolysis) is 1. The topological polar surface area (TPSA) is 125 Å². The van der Waals surface area contributed by atoms with Crippen LogP contribution in [-0.4, -0.2) is 58.7 Å². The number of rotatable bonds is 3. The molecule has 9 nitrogen and oxygen atoms in total. The molecular weight excluding hydrogens is 270 g/mol. The van der Waals surface area contributed by atoms with E-state index in [1.54, 1.807) is 20.8 Å². The van der Waals surface area contributed by atoms with Gasteiger partial charge in [-0.25, -0.2) is 9.59 Å². The maximum Gasteiger partial charge on any atom is 0.408 e. The van der Waals surface area contributed by atoms with Crippen molar-refractivity contribution in [3.05, 3.63) is 0 Å². The number of carbonyl (C=O) groups is 4. The SMILES string of the molecule is CC(C)(C)OC(=O)N[C@H]1CN(C(=O)NCC(=O)O)C1=O. The first-order chi connectivity index (χ1) is 9.10. The van der Waals surface area contributed by atoms with E-state index in [-0.39, 0.29) is 6.54 Å². The molecule has 0 bridgehead atoms. The monoisotopic (exact) mass is 287 g/mol. The number of hydrogen-bond acceptors (Lipinski definition) is 5. The molecule has 1 rings (SSSR count). The zero-order chi connectivity index (χ0) is 15.5. The minimum atomic E-state index is -1.21. The van der Waals surface area contributed by atoms with Crippen LogP contribution in [0.4, 0.5) is 9.59 Å². The van der Waals surface area contributed by atoms with Crippen LogP contribution in [0.3, 0.4) is 0 Å². The maximum atomic E-state index is 11.6. The number of hydrogen-bond donors (Lipinski definition) is 3. The summed E-state index contributed by atoms with van der Waals surface area (Å²) in [6.07, 6.45) is -0.749. The van der Waals surface area contributed by atoms with Crippen LogP contribution < -0.4 is 10.6 Å². The van der Waals surface area contributed by atoms with Crippen molar-refractivity contribution in [2.45, 2.75) is 32.4 Å². The number of likely N-dealkylation sites (tertiary alicyclic amines) is 1. The number of carboxylic acids is 1. The molecule has 9 heteroatoms. The van der Waals surface area contributed by atoms with E-state index >= 15 is 0 Å². The number of imide groups is 1. The van der Waals surface area contributed by atoms with E-state index in [9.17, 15) is 19.2 Å². The zero-order valence-corrected chi connectivity index (χ0v) is 11.4. The molecule has 0 aromatic rings. The zero-order valence-electron chi connectivity index (χ0n) is 11.4. The van der Waals surface area contributed by atoms with Crippen LogP contribution in [0.25, 0.3) is 0 Å². The van der Waals surface area contributed by atoms with E-state index in [0.29, 0.717) is 0 Å². The number of nitrogens with one attached hydrogen (secondary N) is 2. The first kappa shape index (κ1) is 15.7. The summed E-state index contributed by atoms with van der Waals surface area (Å²) < 4.78 is 4.97. The molecule has 0 aromatic heterocycles. The van der Waals surface area contributed by atoms with Crippen molar-refractivity contribution < 1.29 is 29.0 Å². The predicted molar refractivity (Wildman–Crippen MR) is 65.9 cm³/mol. The predicted octanol–water partition coefficient (Wildman–Crippen LogP) is -0.484. The summed E-state index contributed by atoms with van der Waals surface area (Å²) >= 11 is 0. The van der Waals surface area contributed by atoms with Gasteiger partial charge in [-0.3, -0.25) is 14.5 Å². The van der Waals surface area contributed by atoms with Crippen molar-refractivity contribution in [3.63, 3.8) is 0 Å². The minimum Gasteiger partial charge on any atom is -0.480 e. The summed E-state index contributed by atoms with van der Waals surface area (Å²) in [7, 11) is 0. The van der Waals surface area contributed by atoms with Crippen molar-refractivity contribution in [3.8, 4) is 0 Å². The Morgan fingerprint density at radius 1 is 1.40 bits per heavy atom. The fourth-order valence-corrected chi connectivity index (χ4v) is 1.41. The quantitative estimate of drug-likeness (QED) is 0.602. The first-order valence-corrected chi connectivity index (χ1v) is 5.90. The summed E-state index contributed by atoms with van der Waals surface area (Å²) in [6, 6.07) is -1.64. The number of aliphatic carboxylic acids is 1. The number of β-lactam (4-membered cyclic amide) rings is 1. The Hall–Kier alpha value is -2.32. The fourth-order valence-electron chi connectivity index (χ4n) is 1.41. The van der Waals surface area contributed by atoms with Gasteiger partial charge < -0.3 is 20.5 Å². The van der Waals surface area contributed by atoms with Crippen LogP contribution in [0.5, 0.6) is 0 Å². The number of carboxylic acid groups (broad SMARTS) is 1. The Morgan fingerprint density at radius 2 is 2.00 bits per heavy atom. The van der Waals surface area contributed by atoms with Gasteiger partial charge in [0.15, 0.2) is 0 Å². The molecule has 0 spiro atoms. The molecule has 0 aromatic carbocycles. The molecule has 0 aliphatic carbocycles. The fraction of sp³-hybridized carbons (Fsp3) is 0.636. The lowest BCUT2D eigenvalue weighted by atomic mass is 10.1. The van der Waals surface area contributed by atoms with E-state index < -0.39 is 42.2 Å². The molecular formula is C11H17N3O6. The summed E-state index contributed by atoms with van der Waals surface area (Å²) in [5, 5.41) is 12.8. The molecule has 0 saturated carbocycles. The van der Waals surface area contributed by atoms with Crippen molar-refractivity contribution in [2.24, 2.45) is 0 Å². The van der Waals surface area contributed by atoms with Crippen molar-refractivity contribution in [1.82, 2.24) is 15.5 Å². The Morgan fingerprint density at radius 3 is 2.45 bits per heavy atom. The highest BCUT2D eigenvalue weighted by molar-refractivity contribution is 6.03. The maximum absolute atomic E-state index is 11.6. The molecule has 0 radical (unpaired) electrons. The van der Waals surface area contributed by atoms with Gasteiger partial charge in [-0.1, -0.05) is 0 Å². The first-order valence-electron chi connectivity index (χ1n) is 5.90. The number of urea groups is 1. The Bertz CT molecular complexity index is 442. The van der Waals surface area contributed by atoms with E-state index in [4.69, 9.17) is 9.84 Å². The van der Waals surface area contributed by atoms with Crippen molar-refractivity contribution in [1.29, 1.82) is 0 Å². The van der Waals surface area contributed by atoms with Crippen LogP contribution in [0.2, 0.25) is 0 Å². The number of carbonyl (C=O) groups excluding carboxylic acids is 3. The van der Waals surface area contributed by atoms with E-state index in [1.807, 2.05) is 5.32 Å². The number of ether oxygens (including phenoxy) is 1. The van der Waals surface area contributed by atoms with Gasteiger partial charge in [-0.2, -0.15) is 0 Å². The molecule has 0 unspecified atom stereocenters. The smallest absolute Gasteiger partial charge is 0.408 e. The normalized spacial score (nSPS) is 18.1. The molecule has 20 heavy (non-hydrogen) atoms. The third kappa shape index (κ3) is 4.41. The molecule has 1 aliphatic rings. The molecule has 1 saturated heterocycles. The highest BCUT2D eigenvalue weighted by Gasteiger charge is 2.42. The largest absolute Gasteiger partial charge is 0.480 e. The van der Waals surface area contributed by atoms with Crippen LogP contribution in [0, 0.1) is 0 Å². The van der Waals surface area contributed by atoms with Crippen molar-refractivity contribution in [2.75, 3.05) is 13.1 Å². The average Bonchev–Trinajstić information content (AvgIpc) is 2.28. The second kappa shape index (κ2) is 5.76.